The van der Waals surface area contributed by atoms with Gasteiger partial charge in [0.05, 0.1) is 10.6 Å². The maximum Gasteiger partial charge on any atom is 0.264 e. The molecular formula is C35H37ClFN3O4S. The predicted octanol–water partition coefficient (Wildman–Crippen LogP) is 6.46. The van der Waals surface area contributed by atoms with Crippen molar-refractivity contribution >= 4 is 39.1 Å². The van der Waals surface area contributed by atoms with Crippen molar-refractivity contribution in [1.29, 1.82) is 0 Å². The fourth-order valence-electron chi connectivity index (χ4n) is 4.83. The van der Waals surface area contributed by atoms with Crippen LogP contribution in [0.1, 0.15) is 35.6 Å². The van der Waals surface area contributed by atoms with Crippen molar-refractivity contribution in [3.63, 3.8) is 0 Å². The van der Waals surface area contributed by atoms with Crippen LogP contribution in [0.2, 0.25) is 5.02 Å². The van der Waals surface area contributed by atoms with Gasteiger partial charge in [0.15, 0.2) is 0 Å². The smallest absolute Gasteiger partial charge is 0.264 e. The molecule has 45 heavy (non-hydrogen) atoms. The first-order chi connectivity index (χ1) is 21.5. The van der Waals surface area contributed by atoms with Gasteiger partial charge in [-0.25, -0.2) is 12.8 Å². The summed E-state index contributed by atoms with van der Waals surface area (Å²) in [4.78, 5) is 29.3. The quantitative estimate of drug-likeness (QED) is 0.180. The highest BCUT2D eigenvalue weighted by molar-refractivity contribution is 7.92. The second-order valence-corrected chi connectivity index (χ2v) is 13.1. The minimum Gasteiger partial charge on any atom is -0.354 e. The number of carbonyl (C=O) groups is 2. The highest BCUT2D eigenvalue weighted by Gasteiger charge is 2.35. The summed E-state index contributed by atoms with van der Waals surface area (Å²) in [6.07, 6.45) is 0.805. The van der Waals surface area contributed by atoms with Crippen molar-refractivity contribution < 1.29 is 22.4 Å². The summed E-state index contributed by atoms with van der Waals surface area (Å²) in [7, 11) is -4.28. The highest BCUT2D eigenvalue weighted by atomic mass is 35.5. The van der Waals surface area contributed by atoms with Gasteiger partial charge in [-0.1, -0.05) is 90.8 Å². The molecule has 0 radical (unpaired) electrons. The van der Waals surface area contributed by atoms with Crippen LogP contribution in [0.15, 0.2) is 102 Å². The van der Waals surface area contributed by atoms with Gasteiger partial charge in [0.25, 0.3) is 10.0 Å². The van der Waals surface area contributed by atoms with Gasteiger partial charge in [-0.2, -0.15) is 0 Å². The average molecular weight is 650 g/mol. The van der Waals surface area contributed by atoms with E-state index in [1.165, 1.54) is 35.2 Å². The number of halogens is 2. The molecule has 4 aromatic rings. The molecule has 0 heterocycles. The first-order valence-corrected chi connectivity index (χ1v) is 16.5. The van der Waals surface area contributed by atoms with Crippen molar-refractivity contribution in [3.8, 4) is 0 Å². The van der Waals surface area contributed by atoms with Crippen molar-refractivity contribution in [3.05, 3.63) is 130 Å². The molecule has 0 saturated carbocycles. The Hall–Kier alpha value is -4.21. The molecular weight excluding hydrogens is 613 g/mol. The summed E-state index contributed by atoms with van der Waals surface area (Å²) in [6, 6.07) is 25.2. The summed E-state index contributed by atoms with van der Waals surface area (Å²) in [5, 5.41) is 3.20. The van der Waals surface area contributed by atoms with Crippen LogP contribution >= 0.6 is 11.6 Å². The van der Waals surface area contributed by atoms with E-state index in [1.807, 2.05) is 44.2 Å². The van der Waals surface area contributed by atoms with Crippen molar-refractivity contribution in [1.82, 2.24) is 10.2 Å². The third-order valence-corrected chi connectivity index (χ3v) is 9.65. The fourth-order valence-corrected chi connectivity index (χ4v) is 6.41. The maximum atomic E-state index is 15.0. The van der Waals surface area contributed by atoms with E-state index in [0.29, 0.717) is 18.0 Å². The Balaban J connectivity index is 1.82. The van der Waals surface area contributed by atoms with Crippen LogP contribution in [0.4, 0.5) is 10.1 Å². The Bertz CT molecular complexity index is 1730. The lowest BCUT2D eigenvalue weighted by Gasteiger charge is -2.34. The van der Waals surface area contributed by atoms with E-state index in [9.17, 15) is 18.0 Å². The van der Waals surface area contributed by atoms with Crippen LogP contribution in [0.5, 0.6) is 0 Å². The van der Waals surface area contributed by atoms with E-state index in [2.05, 4.69) is 5.32 Å². The first kappa shape index (κ1) is 33.7. The third kappa shape index (κ3) is 8.49. The summed E-state index contributed by atoms with van der Waals surface area (Å²) < 4.78 is 44.2. The monoisotopic (exact) mass is 649 g/mol. The van der Waals surface area contributed by atoms with Crippen LogP contribution in [-0.4, -0.2) is 44.3 Å². The lowest BCUT2D eigenvalue weighted by atomic mass is 10.0. The first-order valence-electron chi connectivity index (χ1n) is 14.7. The van der Waals surface area contributed by atoms with Crippen LogP contribution in [0.3, 0.4) is 0 Å². The van der Waals surface area contributed by atoms with E-state index in [0.717, 1.165) is 21.0 Å². The van der Waals surface area contributed by atoms with Gasteiger partial charge in [-0.3, -0.25) is 13.9 Å². The number of amides is 2. The number of sulfonamides is 1. The summed E-state index contributed by atoms with van der Waals surface area (Å²) in [5.74, 6) is -1.65. The van der Waals surface area contributed by atoms with E-state index in [-0.39, 0.29) is 29.1 Å². The van der Waals surface area contributed by atoms with E-state index in [4.69, 9.17) is 11.6 Å². The summed E-state index contributed by atoms with van der Waals surface area (Å²) in [6.45, 7) is 5.01. The van der Waals surface area contributed by atoms with Crippen LogP contribution in [0.25, 0.3) is 0 Å². The Morgan fingerprint density at radius 3 is 2.22 bits per heavy atom. The Morgan fingerprint density at radius 1 is 0.911 bits per heavy atom. The number of carbonyl (C=O) groups excluding carboxylic acids is 2. The molecule has 0 unspecified atom stereocenters. The Labute approximate surface area is 269 Å². The van der Waals surface area contributed by atoms with E-state index >= 15 is 4.39 Å². The van der Waals surface area contributed by atoms with Crippen LogP contribution in [-0.2, 0) is 32.6 Å². The lowest BCUT2D eigenvalue weighted by molar-refractivity contribution is -0.140. The molecule has 2 amide bonds. The number of nitrogens with zero attached hydrogens (tertiary/aromatic N) is 2. The maximum absolute atomic E-state index is 15.0. The Kier molecular flexibility index (Phi) is 11.4. The van der Waals surface area contributed by atoms with Crippen molar-refractivity contribution in [2.24, 2.45) is 0 Å². The molecule has 236 valence electrons. The van der Waals surface area contributed by atoms with Crippen LogP contribution in [0, 0.1) is 19.7 Å². The minimum atomic E-state index is -4.28. The number of rotatable bonds is 13. The molecule has 4 aromatic carbocycles. The van der Waals surface area contributed by atoms with Gasteiger partial charge in [0, 0.05) is 30.1 Å². The molecule has 0 aliphatic heterocycles. The predicted molar refractivity (Wildman–Crippen MR) is 176 cm³/mol. The number of hydrogen-bond donors (Lipinski definition) is 1. The molecule has 0 bridgehead atoms. The lowest BCUT2D eigenvalue weighted by Crippen LogP contribution is -2.53. The molecule has 1 N–H and O–H groups in total. The second-order valence-electron chi connectivity index (χ2n) is 10.9. The number of anilines is 1. The van der Waals surface area contributed by atoms with Gasteiger partial charge in [-0.15, -0.1) is 0 Å². The largest absolute Gasteiger partial charge is 0.354 e. The molecule has 0 aliphatic rings. The normalized spacial score (nSPS) is 11.9. The number of aryl methyl sites for hydroxylation is 2. The summed E-state index contributed by atoms with van der Waals surface area (Å²) in [5.41, 5.74) is 2.76. The summed E-state index contributed by atoms with van der Waals surface area (Å²) >= 11 is 6.42. The molecule has 1 atom stereocenters. The van der Waals surface area contributed by atoms with Crippen molar-refractivity contribution in [2.45, 2.75) is 51.1 Å². The van der Waals surface area contributed by atoms with E-state index < -0.39 is 40.2 Å². The Morgan fingerprint density at radius 2 is 1.58 bits per heavy atom. The molecule has 0 aliphatic carbocycles. The fraction of sp³-hybridized carbons (Fsp3) is 0.257. The topological polar surface area (TPSA) is 86.8 Å². The molecule has 0 saturated heterocycles. The SMILES string of the molecule is CCCNC(=O)[C@@H](Cc1ccccc1)N(Cc1ccccc1F)C(=O)CN(c1ccc(C)c(Cl)c1)S(=O)(=O)c1ccc(C)cc1. The number of hydrogen-bond acceptors (Lipinski definition) is 4. The van der Waals surface area contributed by atoms with Gasteiger partial charge in [-0.05, 0) is 61.7 Å². The standard InChI is InChI=1S/C35H37ClFN3O4S/c1-4-20-38-35(42)33(21-27-10-6-5-7-11-27)39(23-28-12-8-9-13-32(28)37)34(41)24-40(29-17-16-26(3)31(36)22-29)45(43,44)30-18-14-25(2)15-19-30/h5-19,22,33H,4,20-21,23-24H2,1-3H3,(H,38,42)/t33-/m1/s1. The molecule has 0 aromatic heterocycles. The number of nitrogens with one attached hydrogen (secondary N) is 1. The van der Waals surface area contributed by atoms with Gasteiger partial charge >= 0.3 is 0 Å². The van der Waals surface area contributed by atoms with Crippen molar-refractivity contribution in [2.75, 3.05) is 17.4 Å². The zero-order chi connectivity index (χ0) is 32.6. The zero-order valence-electron chi connectivity index (χ0n) is 25.5. The van der Waals surface area contributed by atoms with Gasteiger partial charge < -0.3 is 10.2 Å². The van der Waals surface area contributed by atoms with Gasteiger partial charge in [0.2, 0.25) is 11.8 Å². The molecule has 0 fully saturated rings. The average Bonchev–Trinajstić information content (AvgIpc) is 3.03. The highest BCUT2D eigenvalue weighted by Crippen LogP contribution is 2.29. The zero-order valence-corrected chi connectivity index (χ0v) is 27.1. The molecule has 0 spiro atoms. The second kappa shape index (κ2) is 15.2. The number of benzene rings is 4. The molecule has 10 heteroatoms. The van der Waals surface area contributed by atoms with Gasteiger partial charge in [0.1, 0.15) is 18.4 Å². The molecule has 4 rings (SSSR count). The van der Waals surface area contributed by atoms with E-state index in [1.54, 1.807) is 43.3 Å². The minimum absolute atomic E-state index is 0.0141. The van der Waals surface area contributed by atoms with Crippen LogP contribution < -0.4 is 9.62 Å². The third-order valence-electron chi connectivity index (χ3n) is 7.45. The molecule has 7 nitrogen and oxygen atoms in total.